The molecule has 0 aliphatic carbocycles. The molecule has 120 valence electrons. The number of hydrogen-bond donors (Lipinski definition) is 1. The van der Waals surface area contributed by atoms with Crippen LogP contribution in [0.4, 0.5) is 11.6 Å². The number of anilines is 2. The molecule has 2 aliphatic heterocycles. The maximum atomic E-state index is 11.1. The van der Waals surface area contributed by atoms with Crippen molar-refractivity contribution in [1.29, 1.82) is 0 Å². The third-order valence-electron chi connectivity index (χ3n) is 4.38. The minimum absolute atomic E-state index is 0.319. The second-order valence-corrected chi connectivity index (χ2v) is 5.90. The average molecular weight is 314 g/mol. The zero-order chi connectivity index (χ0) is 15.8. The molecule has 0 amide bonds. The maximum absolute atomic E-state index is 11.1. The first-order valence-electron chi connectivity index (χ1n) is 7.79. The first-order valence-corrected chi connectivity index (χ1v) is 7.79. The smallest absolute Gasteiger partial charge is 0.310 e. The molecule has 1 aromatic carbocycles. The molecule has 2 fully saturated rings. The van der Waals surface area contributed by atoms with E-state index in [-0.39, 0.29) is 5.92 Å². The van der Waals surface area contributed by atoms with Gasteiger partial charge in [0.1, 0.15) is 0 Å². The van der Waals surface area contributed by atoms with Crippen LogP contribution in [0.15, 0.2) is 24.3 Å². The number of carboxylic acid groups (broad SMARTS) is 1. The number of fused-ring (bicyclic) bond motifs is 1. The van der Waals surface area contributed by atoms with Crippen molar-refractivity contribution in [2.75, 3.05) is 49.2 Å². The molecule has 0 radical (unpaired) electrons. The van der Waals surface area contributed by atoms with Gasteiger partial charge in [-0.05, 0) is 12.1 Å². The van der Waals surface area contributed by atoms with Crippen LogP contribution in [0, 0.1) is 5.92 Å². The van der Waals surface area contributed by atoms with Crippen LogP contribution >= 0.6 is 0 Å². The predicted octanol–water partition coefficient (Wildman–Crippen LogP) is 0.987. The fourth-order valence-electron chi connectivity index (χ4n) is 2.99. The zero-order valence-corrected chi connectivity index (χ0v) is 12.7. The summed E-state index contributed by atoms with van der Waals surface area (Å²) in [6.45, 7) is 3.86. The summed E-state index contributed by atoms with van der Waals surface area (Å²) >= 11 is 0. The van der Waals surface area contributed by atoms with Gasteiger partial charge in [-0.1, -0.05) is 12.1 Å². The summed E-state index contributed by atoms with van der Waals surface area (Å²) in [5.74, 6) is 0.544. The summed E-state index contributed by atoms with van der Waals surface area (Å²) in [6, 6.07) is 7.77. The van der Waals surface area contributed by atoms with E-state index in [9.17, 15) is 4.79 Å². The average Bonchev–Trinajstić information content (AvgIpc) is 2.53. The lowest BCUT2D eigenvalue weighted by Gasteiger charge is -2.40. The van der Waals surface area contributed by atoms with E-state index in [1.807, 2.05) is 29.2 Å². The van der Waals surface area contributed by atoms with Crippen molar-refractivity contribution in [3.05, 3.63) is 24.3 Å². The summed E-state index contributed by atoms with van der Waals surface area (Å²) in [5.41, 5.74) is 1.69. The molecule has 7 nitrogen and oxygen atoms in total. The van der Waals surface area contributed by atoms with Gasteiger partial charge in [0, 0.05) is 26.2 Å². The number of rotatable bonds is 3. The maximum Gasteiger partial charge on any atom is 0.310 e. The Labute approximate surface area is 133 Å². The molecule has 0 bridgehead atoms. The second kappa shape index (κ2) is 5.66. The van der Waals surface area contributed by atoms with Gasteiger partial charge in [-0.2, -0.15) is 0 Å². The van der Waals surface area contributed by atoms with E-state index in [4.69, 9.17) is 19.8 Å². The number of para-hydroxylation sites is 2. The van der Waals surface area contributed by atoms with Crippen molar-refractivity contribution in [3.8, 4) is 0 Å². The topological polar surface area (TPSA) is 78.8 Å². The largest absolute Gasteiger partial charge is 0.481 e. The van der Waals surface area contributed by atoms with Crippen LogP contribution in [-0.2, 0) is 9.53 Å². The Hall–Kier alpha value is -2.41. The Balaban J connectivity index is 1.72. The Bertz CT molecular complexity index is 739. The van der Waals surface area contributed by atoms with Gasteiger partial charge in [0.15, 0.2) is 11.6 Å². The van der Waals surface area contributed by atoms with Gasteiger partial charge in [-0.25, -0.2) is 9.97 Å². The normalized spacial score (nSPS) is 19.0. The molecule has 1 N–H and O–H groups in total. The van der Waals surface area contributed by atoms with Crippen molar-refractivity contribution in [2.45, 2.75) is 0 Å². The van der Waals surface area contributed by atoms with Crippen LogP contribution in [0.5, 0.6) is 0 Å². The minimum Gasteiger partial charge on any atom is -0.481 e. The van der Waals surface area contributed by atoms with Gasteiger partial charge in [0.2, 0.25) is 0 Å². The lowest BCUT2D eigenvalue weighted by Crippen LogP contribution is -2.51. The number of ether oxygens (including phenoxy) is 1. The summed E-state index contributed by atoms with van der Waals surface area (Å²) in [5, 5.41) is 9.10. The standard InChI is InChI=1S/C16H18N4O3/c21-16(22)11-9-20(10-11)15-14(19-5-7-23-8-6-19)17-12-3-1-2-4-13(12)18-15/h1-4,11H,5-10H2,(H,21,22). The highest BCUT2D eigenvalue weighted by Gasteiger charge is 2.36. The Morgan fingerprint density at radius 3 is 2.17 bits per heavy atom. The molecule has 1 aromatic heterocycles. The second-order valence-electron chi connectivity index (χ2n) is 5.90. The van der Waals surface area contributed by atoms with E-state index in [0.717, 1.165) is 35.8 Å². The van der Waals surface area contributed by atoms with E-state index in [2.05, 4.69) is 4.90 Å². The molecule has 0 atom stereocenters. The fraction of sp³-hybridized carbons (Fsp3) is 0.438. The molecular weight excluding hydrogens is 296 g/mol. The Kier molecular flexibility index (Phi) is 3.49. The summed E-state index contributed by atoms with van der Waals surface area (Å²) in [4.78, 5) is 24.8. The van der Waals surface area contributed by atoms with Gasteiger partial charge >= 0.3 is 5.97 Å². The van der Waals surface area contributed by atoms with E-state index in [0.29, 0.717) is 26.3 Å². The van der Waals surface area contributed by atoms with E-state index >= 15 is 0 Å². The van der Waals surface area contributed by atoms with Gasteiger partial charge in [0.05, 0.1) is 30.2 Å². The zero-order valence-electron chi connectivity index (χ0n) is 12.7. The number of aromatic nitrogens is 2. The lowest BCUT2D eigenvalue weighted by atomic mass is 10.0. The SMILES string of the molecule is O=C(O)C1CN(c2nc3ccccc3nc2N2CCOCC2)C1. The molecule has 4 rings (SSSR count). The number of aliphatic carboxylic acids is 1. The van der Waals surface area contributed by atoms with Crippen molar-refractivity contribution in [2.24, 2.45) is 5.92 Å². The fourth-order valence-corrected chi connectivity index (χ4v) is 2.99. The molecular formula is C16H18N4O3. The van der Waals surface area contributed by atoms with Crippen LogP contribution in [0.2, 0.25) is 0 Å². The highest BCUT2D eigenvalue weighted by atomic mass is 16.5. The van der Waals surface area contributed by atoms with E-state index in [1.165, 1.54) is 0 Å². The van der Waals surface area contributed by atoms with Crippen molar-refractivity contribution in [1.82, 2.24) is 9.97 Å². The molecule has 3 heterocycles. The van der Waals surface area contributed by atoms with Crippen LogP contribution < -0.4 is 9.80 Å². The molecule has 0 unspecified atom stereocenters. The first kappa shape index (κ1) is 14.2. The number of hydrogen-bond acceptors (Lipinski definition) is 6. The van der Waals surface area contributed by atoms with E-state index < -0.39 is 5.97 Å². The van der Waals surface area contributed by atoms with Crippen molar-refractivity contribution >= 4 is 28.6 Å². The molecule has 2 saturated heterocycles. The number of nitrogens with zero attached hydrogens (tertiary/aromatic N) is 4. The Morgan fingerprint density at radius 2 is 1.61 bits per heavy atom. The molecule has 0 saturated carbocycles. The van der Waals surface area contributed by atoms with Crippen molar-refractivity contribution < 1.29 is 14.6 Å². The summed E-state index contributed by atoms with van der Waals surface area (Å²) < 4.78 is 5.42. The number of carbonyl (C=O) groups is 1. The highest BCUT2D eigenvalue weighted by Crippen LogP contribution is 2.33. The number of benzene rings is 1. The van der Waals surface area contributed by atoms with Gasteiger partial charge in [0.25, 0.3) is 0 Å². The molecule has 2 aromatic rings. The number of morpholine rings is 1. The highest BCUT2D eigenvalue weighted by molar-refractivity contribution is 5.82. The molecule has 7 heteroatoms. The lowest BCUT2D eigenvalue weighted by molar-refractivity contribution is -0.142. The van der Waals surface area contributed by atoms with E-state index in [1.54, 1.807) is 0 Å². The summed E-state index contributed by atoms with van der Waals surface area (Å²) in [7, 11) is 0. The third kappa shape index (κ3) is 2.57. The first-order chi connectivity index (χ1) is 11.2. The van der Waals surface area contributed by atoms with Crippen LogP contribution in [0.25, 0.3) is 11.0 Å². The predicted molar refractivity (Wildman–Crippen MR) is 85.9 cm³/mol. The van der Waals surface area contributed by atoms with Gasteiger partial charge in [-0.15, -0.1) is 0 Å². The van der Waals surface area contributed by atoms with Gasteiger partial charge in [-0.3, -0.25) is 4.79 Å². The minimum atomic E-state index is -0.747. The third-order valence-corrected chi connectivity index (χ3v) is 4.38. The summed E-state index contributed by atoms with van der Waals surface area (Å²) in [6.07, 6.45) is 0. The van der Waals surface area contributed by atoms with Crippen LogP contribution in [-0.4, -0.2) is 60.4 Å². The van der Waals surface area contributed by atoms with Gasteiger partial charge < -0.3 is 19.6 Å². The molecule has 2 aliphatic rings. The quantitative estimate of drug-likeness (QED) is 0.905. The number of carboxylic acids is 1. The Morgan fingerprint density at radius 1 is 1.04 bits per heavy atom. The molecule has 0 spiro atoms. The monoisotopic (exact) mass is 314 g/mol. The van der Waals surface area contributed by atoms with Crippen LogP contribution in [0.1, 0.15) is 0 Å². The molecule has 23 heavy (non-hydrogen) atoms. The van der Waals surface area contributed by atoms with Crippen LogP contribution in [0.3, 0.4) is 0 Å². The van der Waals surface area contributed by atoms with Crippen molar-refractivity contribution in [3.63, 3.8) is 0 Å².